The Balaban J connectivity index is 1.70. The van der Waals surface area contributed by atoms with E-state index in [1.807, 2.05) is 56.7 Å². The summed E-state index contributed by atoms with van der Waals surface area (Å²) in [7, 11) is 1.95. The molecule has 0 saturated heterocycles. The van der Waals surface area contributed by atoms with E-state index in [0.717, 1.165) is 16.9 Å². The van der Waals surface area contributed by atoms with E-state index in [1.54, 1.807) is 0 Å². The predicted molar refractivity (Wildman–Crippen MR) is 93.3 cm³/mol. The zero-order chi connectivity index (χ0) is 17.5. The number of hydrogen-bond acceptors (Lipinski definition) is 4. The highest BCUT2D eigenvalue weighted by atomic mass is 16.5. The number of ether oxygens (including phenoxy) is 1. The predicted octanol–water partition coefficient (Wildman–Crippen LogP) is 1.72. The Hall–Kier alpha value is -1.92. The molecule has 130 valence electrons. The summed E-state index contributed by atoms with van der Waals surface area (Å²) in [6, 6.07) is 7.91. The molecular weight excluding hydrogens is 304 g/mol. The lowest BCUT2D eigenvalue weighted by Gasteiger charge is -2.57. The molecule has 1 aliphatic rings. The van der Waals surface area contributed by atoms with E-state index < -0.39 is 5.54 Å². The van der Waals surface area contributed by atoms with Crippen molar-refractivity contribution in [1.29, 1.82) is 0 Å². The number of nitrogens with one attached hydrogen (secondary N) is 1. The number of aryl methyl sites for hydroxylation is 1. The fourth-order valence-corrected chi connectivity index (χ4v) is 3.49. The molecule has 1 fully saturated rings. The van der Waals surface area contributed by atoms with Gasteiger partial charge in [0.1, 0.15) is 11.4 Å². The number of imidazole rings is 1. The van der Waals surface area contributed by atoms with Crippen molar-refractivity contribution in [2.24, 2.45) is 18.2 Å². The van der Waals surface area contributed by atoms with Gasteiger partial charge in [0.2, 0.25) is 5.91 Å². The van der Waals surface area contributed by atoms with Crippen molar-refractivity contribution >= 4 is 16.9 Å². The highest BCUT2D eigenvalue weighted by Crippen LogP contribution is 2.49. The molecule has 2 atom stereocenters. The van der Waals surface area contributed by atoms with Gasteiger partial charge in [0, 0.05) is 25.5 Å². The number of amides is 1. The summed E-state index contributed by atoms with van der Waals surface area (Å²) in [5.41, 5.74) is 7.08. The minimum absolute atomic E-state index is 0.0222. The molecule has 6 heteroatoms. The topological polar surface area (TPSA) is 82.2 Å². The third kappa shape index (κ3) is 2.41. The summed E-state index contributed by atoms with van der Waals surface area (Å²) in [5.74, 6) is 0.669. The van der Waals surface area contributed by atoms with Gasteiger partial charge in [0.15, 0.2) is 0 Å². The van der Waals surface area contributed by atoms with Crippen LogP contribution in [0, 0.1) is 5.41 Å². The molecule has 3 rings (SSSR count). The minimum Gasteiger partial charge on any atom is -0.378 e. The number of rotatable bonds is 5. The highest BCUT2D eigenvalue weighted by Gasteiger charge is 2.62. The van der Waals surface area contributed by atoms with Gasteiger partial charge in [0.05, 0.1) is 23.7 Å². The van der Waals surface area contributed by atoms with Crippen LogP contribution in [-0.2, 0) is 23.1 Å². The van der Waals surface area contributed by atoms with Crippen molar-refractivity contribution in [3.63, 3.8) is 0 Å². The molecule has 2 unspecified atom stereocenters. The summed E-state index contributed by atoms with van der Waals surface area (Å²) in [4.78, 5) is 17.3. The summed E-state index contributed by atoms with van der Waals surface area (Å²) < 4.78 is 7.68. The van der Waals surface area contributed by atoms with E-state index in [4.69, 9.17) is 10.5 Å². The van der Waals surface area contributed by atoms with Crippen LogP contribution in [0.25, 0.3) is 11.0 Å². The molecule has 1 aromatic heterocycles. The van der Waals surface area contributed by atoms with E-state index in [1.165, 1.54) is 0 Å². The average Bonchev–Trinajstić information content (AvgIpc) is 2.88. The fourth-order valence-electron chi connectivity index (χ4n) is 3.49. The van der Waals surface area contributed by atoms with Crippen LogP contribution in [0.5, 0.6) is 0 Å². The lowest BCUT2D eigenvalue weighted by molar-refractivity contribution is -0.170. The van der Waals surface area contributed by atoms with Gasteiger partial charge in [-0.15, -0.1) is 0 Å². The number of nitrogens with two attached hydrogens (primary N) is 1. The van der Waals surface area contributed by atoms with Gasteiger partial charge in [-0.25, -0.2) is 4.98 Å². The van der Waals surface area contributed by atoms with Crippen molar-refractivity contribution in [2.75, 3.05) is 6.61 Å². The maximum Gasteiger partial charge on any atom is 0.241 e. The summed E-state index contributed by atoms with van der Waals surface area (Å²) in [6.07, 6.45) is 0.566. The van der Waals surface area contributed by atoms with Crippen molar-refractivity contribution in [3.8, 4) is 0 Å². The van der Waals surface area contributed by atoms with Crippen molar-refractivity contribution in [1.82, 2.24) is 14.9 Å². The molecule has 1 amide bonds. The standard InChI is InChI=1S/C18H26N4O2/c1-5-24-14-10-18(19,17(14,2)3)16(23)20-11-15-21-12-8-6-7-9-13(12)22(15)4/h6-9,14H,5,10-11,19H2,1-4H3,(H,20,23). The largest absolute Gasteiger partial charge is 0.378 e. The van der Waals surface area contributed by atoms with Gasteiger partial charge in [-0.2, -0.15) is 0 Å². The Labute approximate surface area is 142 Å². The normalized spacial score (nSPS) is 25.5. The molecule has 0 aliphatic heterocycles. The summed E-state index contributed by atoms with van der Waals surface area (Å²) in [6.45, 7) is 6.93. The molecule has 1 aliphatic carbocycles. The van der Waals surface area contributed by atoms with Crippen LogP contribution in [0.2, 0.25) is 0 Å². The molecule has 0 bridgehead atoms. The van der Waals surface area contributed by atoms with Crippen LogP contribution >= 0.6 is 0 Å². The molecule has 6 nitrogen and oxygen atoms in total. The molecule has 0 radical (unpaired) electrons. The van der Waals surface area contributed by atoms with Crippen LogP contribution in [-0.4, -0.2) is 33.7 Å². The lowest BCUT2D eigenvalue weighted by atomic mass is 9.54. The van der Waals surface area contributed by atoms with Gasteiger partial charge in [-0.3, -0.25) is 4.79 Å². The summed E-state index contributed by atoms with van der Waals surface area (Å²) in [5, 5.41) is 2.96. The Morgan fingerprint density at radius 3 is 2.79 bits per heavy atom. The first-order valence-corrected chi connectivity index (χ1v) is 8.40. The van der Waals surface area contributed by atoms with Crippen molar-refractivity contribution < 1.29 is 9.53 Å². The second kappa shape index (κ2) is 5.86. The average molecular weight is 330 g/mol. The Morgan fingerprint density at radius 2 is 2.17 bits per heavy atom. The van der Waals surface area contributed by atoms with Crippen LogP contribution in [0.1, 0.15) is 33.0 Å². The number of carbonyl (C=O) groups is 1. The molecule has 3 N–H and O–H groups in total. The van der Waals surface area contributed by atoms with Gasteiger partial charge >= 0.3 is 0 Å². The molecule has 1 aromatic carbocycles. The number of carbonyl (C=O) groups excluding carboxylic acids is 1. The van der Waals surface area contributed by atoms with Gasteiger partial charge in [-0.1, -0.05) is 26.0 Å². The molecule has 24 heavy (non-hydrogen) atoms. The minimum atomic E-state index is -0.905. The summed E-state index contributed by atoms with van der Waals surface area (Å²) >= 11 is 0. The van der Waals surface area contributed by atoms with Gasteiger partial charge in [-0.05, 0) is 19.1 Å². The van der Waals surface area contributed by atoms with Crippen molar-refractivity contribution in [2.45, 2.75) is 45.4 Å². The molecular formula is C18H26N4O2. The first-order chi connectivity index (χ1) is 11.3. The van der Waals surface area contributed by atoms with Gasteiger partial charge in [0.25, 0.3) is 0 Å². The second-order valence-electron chi connectivity index (χ2n) is 7.10. The number of para-hydroxylation sites is 2. The first-order valence-electron chi connectivity index (χ1n) is 8.40. The third-order valence-electron chi connectivity index (χ3n) is 5.52. The molecule has 1 heterocycles. The second-order valence-corrected chi connectivity index (χ2v) is 7.10. The van der Waals surface area contributed by atoms with E-state index >= 15 is 0 Å². The van der Waals surface area contributed by atoms with Gasteiger partial charge < -0.3 is 20.4 Å². The Morgan fingerprint density at radius 1 is 1.46 bits per heavy atom. The number of benzene rings is 1. The van der Waals surface area contributed by atoms with Crippen LogP contribution in [0.15, 0.2) is 24.3 Å². The Kier molecular flexibility index (Phi) is 4.13. The number of fused-ring (bicyclic) bond motifs is 1. The maximum absolute atomic E-state index is 12.7. The maximum atomic E-state index is 12.7. The van der Waals surface area contributed by atoms with E-state index in [9.17, 15) is 4.79 Å². The zero-order valence-electron chi connectivity index (χ0n) is 14.8. The number of aromatic nitrogens is 2. The third-order valence-corrected chi connectivity index (χ3v) is 5.52. The Bertz CT molecular complexity index is 767. The fraction of sp³-hybridized carbons (Fsp3) is 0.556. The van der Waals surface area contributed by atoms with E-state index in [-0.39, 0.29) is 17.4 Å². The first kappa shape index (κ1) is 16.9. The zero-order valence-corrected chi connectivity index (χ0v) is 14.8. The monoisotopic (exact) mass is 330 g/mol. The molecule has 1 saturated carbocycles. The van der Waals surface area contributed by atoms with Crippen LogP contribution in [0.3, 0.4) is 0 Å². The lowest BCUT2D eigenvalue weighted by Crippen LogP contribution is -2.75. The number of hydrogen-bond donors (Lipinski definition) is 2. The molecule has 0 spiro atoms. The quantitative estimate of drug-likeness (QED) is 0.874. The smallest absolute Gasteiger partial charge is 0.241 e. The number of nitrogens with zero attached hydrogens (tertiary/aromatic N) is 2. The highest BCUT2D eigenvalue weighted by molar-refractivity contribution is 5.88. The van der Waals surface area contributed by atoms with E-state index in [2.05, 4.69) is 10.3 Å². The molecule has 2 aromatic rings. The van der Waals surface area contributed by atoms with E-state index in [0.29, 0.717) is 19.6 Å². The van der Waals surface area contributed by atoms with Crippen LogP contribution < -0.4 is 11.1 Å². The SMILES string of the molecule is CCOC1CC(N)(C(=O)NCc2nc3ccccc3n2C)C1(C)C. The van der Waals surface area contributed by atoms with Crippen molar-refractivity contribution in [3.05, 3.63) is 30.1 Å². The van der Waals surface area contributed by atoms with Crippen LogP contribution in [0.4, 0.5) is 0 Å².